The van der Waals surface area contributed by atoms with Gasteiger partial charge in [0.15, 0.2) is 0 Å². The van der Waals surface area contributed by atoms with Gasteiger partial charge in [-0.3, -0.25) is 0 Å². The lowest BCUT2D eigenvalue weighted by molar-refractivity contribution is -0.207. The third-order valence-corrected chi connectivity index (χ3v) is 11.0. The Morgan fingerprint density at radius 1 is 0.968 bits per heavy atom. The Bertz CT molecular complexity index is 644. The molecule has 180 valence electrons. The van der Waals surface area contributed by atoms with Gasteiger partial charge < -0.3 is 20.4 Å². The zero-order valence-corrected chi connectivity index (χ0v) is 20.6. The monoisotopic (exact) mass is 436 g/mol. The van der Waals surface area contributed by atoms with Gasteiger partial charge >= 0.3 is 0 Å². The lowest BCUT2D eigenvalue weighted by Gasteiger charge is -2.63. The van der Waals surface area contributed by atoms with Crippen LogP contribution in [0.15, 0.2) is 0 Å². The van der Waals surface area contributed by atoms with E-state index in [2.05, 4.69) is 20.8 Å². The van der Waals surface area contributed by atoms with Gasteiger partial charge in [0.1, 0.15) is 0 Å². The fourth-order valence-electron chi connectivity index (χ4n) is 9.19. The standard InChI is InChI=1S/C27H48O4/c1-16(7-6-11-25(2,3)31)19-8-9-20-24-21(15-23(30)27(19,20)5)26(4)12-10-18(28)13-17(26)14-22(24)29/h16-24,28-31H,6-15H2,1-5H3/t16-,17+,18-,19-,20+,21+,22+,23+,24+,26+,27-/m1/s1. The van der Waals surface area contributed by atoms with Crippen molar-refractivity contribution < 1.29 is 20.4 Å². The van der Waals surface area contributed by atoms with Crippen LogP contribution in [-0.4, -0.2) is 44.3 Å². The average Bonchev–Trinajstić information content (AvgIpc) is 3.01. The molecular weight excluding hydrogens is 388 g/mol. The van der Waals surface area contributed by atoms with E-state index in [1.807, 2.05) is 13.8 Å². The van der Waals surface area contributed by atoms with Gasteiger partial charge in [0.25, 0.3) is 0 Å². The summed E-state index contributed by atoms with van der Waals surface area (Å²) in [5.41, 5.74) is -0.583. The van der Waals surface area contributed by atoms with E-state index in [0.29, 0.717) is 35.5 Å². The molecule has 0 aromatic carbocycles. The van der Waals surface area contributed by atoms with Gasteiger partial charge in [0, 0.05) is 0 Å². The molecule has 31 heavy (non-hydrogen) atoms. The highest BCUT2D eigenvalue weighted by Crippen LogP contribution is 2.68. The van der Waals surface area contributed by atoms with Crippen LogP contribution >= 0.6 is 0 Å². The van der Waals surface area contributed by atoms with Crippen molar-refractivity contribution in [3.05, 3.63) is 0 Å². The van der Waals surface area contributed by atoms with Crippen LogP contribution in [0.4, 0.5) is 0 Å². The summed E-state index contributed by atoms with van der Waals surface area (Å²) in [6, 6.07) is 0. The summed E-state index contributed by atoms with van der Waals surface area (Å²) in [6.07, 6.45) is 8.73. The summed E-state index contributed by atoms with van der Waals surface area (Å²) < 4.78 is 0. The maximum atomic E-state index is 11.6. The molecule has 4 aliphatic carbocycles. The highest BCUT2D eigenvalue weighted by Gasteiger charge is 2.65. The maximum absolute atomic E-state index is 11.6. The van der Waals surface area contributed by atoms with Crippen LogP contribution in [0.25, 0.3) is 0 Å². The minimum absolute atomic E-state index is 0.117. The number of hydrogen-bond acceptors (Lipinski definition) is 4. The molecule has 0 bridgehead atoms. The minimum atomic E-state index is -0.606. The van der Waals surface area contributed by atoms with Crippen LogP contribution in [0.3, 0.4) is 0 Å². The van der Waals surface area contributed by atoms with Crippen molar-refractivity contribution in [2.75, 3.05) is 0 Å². The fourth-order valence-corrected chi connectivity index (χ4v) is 9.19. The molecule has 0 aromatic rings. The molecule has 0 aliphatic heterocycles. The second-order valence-electron chi connectivity index (χ2n) is 13.2. The van der Waals surface area contributed by atoms with Crippen molar-refractivity contribution in [1.82, 2.24) is 0 Å². The van der Waals surface area contributed by atoms with Gasteiger partial charge in [-0.15, -0.1) is 0 Å². The molecule has 4 fully saturated rings. The topological polar surface area (TPSA) is 80.9 Å². The van der Waals surface area contributed by atoms with Crippen LogP contribution in [-0.2, 0) is 0 Å². The molecule has 4 saturated carbocycles. The van der Waals surface area contributed by atoms with Gasteiger partial charge in [0.05, 0.1) is 23.9 Å². The van der Waals surface area contributed by atoms with E-state index in [0.717, 1.165) is 64.2 Å². The summed E-state index contributed by atoms with van der Waals surface area (Å²) in [5.74, 6) is 2.44. The molecule has 0 amide bonds. The van der Waals surface area contributed by atoms with Crippen LogP contribution in [0, 0.1) is 46.3 Å². The summed E-state index contributed by atoms with van der Waals surface area (Å²) in [5, 5.41) is 43.3. The minimum Gasteiger partial charge on any atom is -0.393 e. The molecule has 4 N–H and O–H groups in total. The van der Waals surface area contributed by atoms with Crippen molar-refractivity contribution in [1.29, 1.82) is 0 Å². The Kier molecular flexibility index (Phi) is 6.38. The number of fused-ring (bicyclic) bond motifs is 5. The smallest absolute Gasteiger partial charge is 0.0602 e. The first-order valence-electron chi connectivity index (χ1n) is 13.1. The largest absolute Gasteiger partial charge is 0.393 e. The Morgan fingerprint density at radius 3 is 2.35 bits per heavy atom. The number of rotatable bonds is 5. The first kappa shape index (κ1) is 24.0. The molecule has 0 spiro atoms. The summed E-state index contributed by atoms with van der Waals surface area (Å²) in [7, 11) is 0. The molecule has 0 saturated heterocycles. The molecule has 4 rings (SSSR count). The van der Waals surface area contributed by atoms with E-state index in [1.54, 1.807) is 0 Å². The normalized spacial score (nSPS) is 51.0. The molecule has 4 aliphatic rings. The van der Waals surface area contributed by atoms with E-state index in [1.165, 1.54) is 0 Å². The van der Waals surface area contributed by atoms with Crippen molar-refractivity contribution in [3.63, 3.8) is 0 Å². The number of aliphatic hydroxyl groups excluding tert-OH is 3. The third-order valence-electron chi connectivity index (χ3n) is 11.0. The zero-order valence-electron chi connectivity index (χ0n) is 20.6. The molecular formula is C27H48O4. The van der Waals surface area contributed by atoms with Gasteiger partial charge in [-0.1, -0.05) is 33.6 Å². The van der Waals surface area contributed by atoms with E-state index in [4.69, 9.17) is 0 Å². The van der Waals surface area contributed by atoms with Crippen LogP contribution < -0.4 is 0 Å². The predicted octanol–water partition coefficient (Wildman–Crippen LogP) is 4.53. The fraction of sp³-hybridized carbons (Fsp3) is 1.00. The van der Waals surface area contributed by atoms with Crippen LogP contribution in [0.1, 0.15) is 98.8 Å². The molecule has 4 heteroatoms. The van der Waals surface area contributed by atoms with E-state index in [-0.39, 0.29) is 29.1 Å². The highest BCUT2D eigenvalue weighted by atomic mass is 16.3. The average molecular weight is 437 g/mol. The second-order valence-corrected chi connectivity index (χ2v) is 13.2. The van der Waals surface area contributed by atoms with Crippen molar-refractivity contribution in [2.45, 2.75) is 123 Å². The van der Waals surface area contributed by atoms with E-state index in [9.17, 15) is 20.4 Å². The second kappa shape index (κ2) is 8.25. The van der Waals surface area contributed by atoms with Crippen molar-refractivity contribution >= 4 is 0 Å². The van der Waals surface area contributed by atoms with Crippen molar-refractivity contribution in [3.8, 4) is 0 Å². The van der Waals surface area contributed by atoms with Gasteiger partial charge in [-0.05, 0) is 112 Å². The predicted molar refractivity (Wildman–Crippen MR) is 123 cm³/mol. The van der Waals surface area contributed by atoms with Crippen LogP contribution in [0.5, 0.6) is 0 Å². The first-order valence-corrected chi connectivity index (χ1v) is 13.1. The molecule has 11 atom stereocenters. The van der Waals surface area contributed by atoms with Gasteiger partial charge in [0.2, 0.25) is 0 Å². The molecule has 0 unspecified atom stereocenters. The summed E-state index contributed by atoms with van der Waals surface area (Å²) in [4.78, 5) is 0. The third kappa shape index (κ3) is 4.02. The lowest BCUT2D eigenvalue weighted by atomic mass is 9.43. The summed E-state index contributed by atoms with van der Waals surface area (Å²) in [6.45, 7) is 10.8. The Balaban J connectivity index is 1.54. The van der Waals surface area contributed by atoms with E-state index >= 15 is 0 Å². The molecule has 0 radical (unpaired) electrons. The molecule has 0 heterocycles. The number of hydrogen-bond donors (Lipinski definition) is 4. The highest BCUT2D eigenvalue weighted by molar-refractivity contribution is 5.14. The Labute approximate surface area is 189 Å². The Morgan fingerprint density at radius 2 is 1.68 bits per heavy atom. The van der Waals surface area contributed by atoms with Gasteiger partial charge in [-0.25, -0.2) is 0 Å². The maximum Gasteiger partial charge on any atom is 0.0602 e. The SMILES string of the molecule is C[C@H](CCCC(C)(C)O)[C@H]1CC[C@H]2[C@@H]3[C@@H](O)C[C@@H]4C[C@H](O)CC[C@]4(C)[C@H]3C[C@H](O)[C@]12C. The van der Waals surface area contributed by atoms with Gasteiger partial charge in [-0.2, -0.15) is 0 Å². The van der Waals surface area contributed by atoms with E-state index < -0.39 is 5.60 Å². The lowest BCUT2D eigenvalue weighted by Crippen LogP contribution is -2.62. The quantitative estimate of drug-likeness (QED) is 0.511. The van der Waals surface area contributed by atoms with Crippen LogP contribution in [0.2, 0.25) is 0 Å². The summed E-state index contributed by atoms with van der Waals surface area (Å²) >= 11 is 0. The van der Waals surface area contributed by atoms with Crippen molar-refractivity contribution in [2.24, 2.45) is 46.3 Å². The Hall–Kier alpha value is -0.160. The number of aliphatic hydroxyl groups is 4. The molecule has 4 nitrogen and oxygen atoms in total. The first-order chi connectivity index (χ1) is 14.4. The molecule has 0 aromatic heterocycles. The zero-order chi connectivity index (χ0) is 22.8.